The molecule has 0 aromatic heterocycles. The molecule has 3 unspecified atom stereocenters. The predicted octanol–water partition coefficient (Wildman–Crippen LogP) is 4.06. The third kappa shape index (κ3) is 4.92. The number of benzene rings is 1. The van der Waals surface area contributed by atoms with Gasteiger partial charge in [-0.1, -0.05) is 56.5 Å². The second kappa shape index (κ2) is 8.43. The normalized spacial score (nSPS) is 24.5. The maximum absolute atomic E-state index is 9.78. The van der Waals surface area contributed by atoms with E-state index in [9.17, 15) is 5.11 Å². The third-order valence-corrected chi connectivity index (χ3v) is 4.46. The van der Waals surface area contributed by atoms with E-state index >= 15 is 0 Å². The third-order valence-electron chi connectivity index (χ3n) is 4.46. The Bertz CT molecular complexity index is 365. The Hall–Kier alpha value is -0.860. The van der Waals surface area contributed by atoms with Gasteiger partial charge >= 0.3 is 0 Å². The molecule has 1 aromatic rings. The molecule has 1 fully saturated rings. The Balaban J connectivity index is 1.87. The van der Waals surface area contributed by atoms with Crippen LogP contribution in [0.2, 0.25) is 0 Å². The van der Waals surface area contributed by atoms with Crippen molar-refractivity contribution in [3.05, 3.63) is 35.9 Å². The van der Waals surface area contributed by atoms with Crippen LogP contribution in [-0.4, -0.2) is 17.8 Å². The highest BCUT2D eigenvalue weighted by Gasteiger charge is 2.21. The highest BCUT2D eigenvalue weighted by atomic mass is 16.3. The van der Waals surface area contributed by atoms with Crippen molar-refractivity contribution in [2.45, 2.75) is 64.0 Å². The van der Waals surface area contributed by atoms with Crippen molar-refractivity contribution >= 4 is 0 Å². The van der Waals surface area contributed by atoms with Gasteiger partial charge in [-0.3, -0.25) is 0 Å². The quantitative estimate of drug-likeness (QED) is 0.786. The molecule has 112 valence electrons. The molecule has 20 heavy (non-hydrogen) atoms. The van der Waals surface area contributed by atoms with Gasteiger partial charge in [-0.05, 0) is 43.7 Å². The first-order valence-corrected chi connectivity index (χ1v) is 8.26. The fourth-order valence-corrected chi connectivity index (χ4v) is 3.24. The number of nitrogens with one attached hydrogen (secondary N) is 1. The van der Waals surface area contributed by atoms with Crippen LogP contribution in [0.3, 0.4) is 0 Å². The second-order valence-electron chi connectivity index (χ2n) is 6.20. The fraction of sp³-hybridized carbons (Fsp3) is 0.667. The summed E-state index contributed by atoms with van der Waals surface area (Å²) in [6, 6.07) is 11.3. The molecule has 2 nitrogen and oxygen atoms in total. The number of hydrogen-bond donors (Lipinski definition) is 2. The number of aliphatic hydroxyl groups excluding tert-OH is 1. The van der Waals surface area contributed by atoms with Crippen LogP contribution in [0.15, 0.2) is 30.3 Å². The smallest absolute Gasteiger partial charge is 0.0543 e. The van der Waals surface area contributed by atoms with E-state index in [0.29, 0.717) is 12.0 Å². The maximum atomic E-state index is 9.78. The molecule has 0 saturated heterocycles. The summed E-state index contributed by atoms with van der Waals surface area (Å²) in [7, 11) is 0. The first-order valence-electron chi connectivity index (χ1n) is 8.26. The van der Waals surface area contributed by atoms with Crippen molar-refractivity contribution in [1.82, 2.24) is 5.32 Å². The van der Waals surface area contributed by atoms with Crippen LogP contribution >= 0.6 is 0 Å². The van der Waals surface area contributed by atoms with E-state index in [4.69, 9.17) is 0 Å². The zero-order chi connectivity index (χ0) is 14.2. The van der Waals surface area contributed by atoms with Crippen molar-refractivity contribution in [2.24, 2.45) is 5.92 Å². The van der Waals surface area contributed by atoms with E-state index in [0.717, 1.165) is 19.4 Å². The summed E-state index contributed by atoms with van der Waals surface area (Å²) in [5.74, 6) is 0.645. The molecule has 0 heterocycles. The maximum Gasteiger partial charge on any atom is 0.0543 e. The molecule has 1 aromatic carbocycles. The van der Waals surface area contributed by atoms with Gasteiger partial charge in [-0.15, -0.1) is 0 Å². The van der Waals surface area contributed by atoms with Crippen LogP contribution in [0.4, 0.5) is 0 Å². The van der Waals surface area contributed by atoms with E-state index in [1.54, 1.807) is 0 Å². The molecule has 0 bridgehead atoms. The van der Waals surface area contributed by atoms with E-state index < -0.39 is 0 Å². The van der Waals surface area contributed by atoms with E-state index in [-0.39, 0.29) is 6.10 Å². The lowest BCUT2D eigenvalue weighted by molar-refractivity contribution is 0.0994. The van der Waals surface area contributed by atoms with Gasteiger partial charge in [0, 0.05) is 6.04 Å². The average Bonchev–Trinajstić information content (AvgIpc) is 2.48. The molecule has 0 spiro atoms. The molecule has 2 N–H and O–H groups in total. The van der Waals surface area contributed by atoms with Gasteiger partial charge in [0.1, 0.15) is 0 Å². The topological polar surface area (TPSA) is 32.3 Å². The molecule has 1 saturated carbocycles. The zero-order valence-electron chi connectivity index (χ0n) is 12.7. The first-order chi connectivity index (χ1) is 9.79. The van der Waals surface area contributed by atoms with Crippen molar-refractivity contribution in [3.63, 3.8) is 0 Å². The number of unbranched alkanes of at least 4 members (excludes halogenated alkanes) is 1. The van der Waals surface area contributed by atoms with E-state index in [1.807, 2.05) is 0 Å². The summed E-state index contributed by atoms with van der Waals surface area (Å²) in [5.41, 5.74) is 1.40. The Kier molecular flexibility index (Phi) is 6.55. The van der Waals surface area contributed by atoms with Crippen LogP contribution < -0.4 is 5.32 Å². The van der Waals surface area contributed by atoms with Gasteiger partial charge in [0.05, 0.1) is 6.10 Å². The highest BCUT2D eigenvalue weighted by Crippen LogP contribution is 2.25. The van der Waals surface area contributed by atoms with Crippen LogP contribution in [-0.2, 0) is 0 Å². The number of rotatable bonds is 7. The Morgan fingerprint density at radius 1 is 1.25 bits per heavy atom. The lowest BCUT2D eigenvalue weighted by Gasteiger charge is -2.28. The molecular formula is C18H29NO. The predicted molar refractivity (Wildman–Crippen MR) is 84.7 cm³/mol. The molecule has 1 aliphatic rings. The van der Waals surface area contributed by atoms with E-state index in [2.05, 4.69) is 42.6 Å². The van der Waals surface area contributed by atoms with Crippen LogP contribution in [0.1, 0.15) is 63.5 Å². The number of aliphatic hydroxyl groups is 1. The standard InChI is InChI=1S/C18H29NO/c1-2-3-12-18(16-9-5-4-6-10-16)19-14-15-8-7-11-17(20)13-15/h4-6,9-10,15,17-20H,2-3,7-8,11-14H2,1H3. The summed E-state index contributed by atoms with van der Waals surface area (Å²) in [6.07, 6.45) is 8.05. The summed E-state index contributed by atoms with van der Waals surface area (Å²) in [6.45, 7) is 3.29. The highest BCUT2D eigenvalue weighted by molar-refractivity contribution is 5.18. The minimum absolute atomic E-state index is 0.0682. The molecule has 2 heteroatoms. The van der Waals surface area contributed by atoms with Crippen LogP contribution in [0, 0.1) is 5.92 Å². The van der Waals surface area contributed by atoms with Gasteiger partial charge in [0.15, 0.2) is 0 Å². The minimum atomic E-state index is -0.0682. The Morgan fingerprint density at radius 2 is 2.05 bits per heavy atom. The van der Waals surface area contributed by atoms with Crippen molar-refractivity contribution in [3.8, 4) is 0 Å². The lowest BCUT2D eigenvalue weighted by Crippen LogP contribution is -2.31. The average molecular weight is 275 g/mol. The SMILES string of the molecule is CCCCC(NCC1CCCC(O)C1)c1ccccc1. The fourth-order valence-electron chi connectivity index (χ4n) is 3.24. The molecular weight excluding hydrogens is 246 g/mol. The molecule has 0 radical (unpaired) electrons. The van der Waals surface area contributed by atoms with Gasteiger partial charge < -0.3 is 10.4 Å². The minimum Gasteiger partial charge on any atom is -0.393 e. The molecule has 0 aliphatic heterocycles. The van der Waals surface area contributed by atoms with Crippen LogP contribution in [0.25, 0.3) is 0 Å². The molecule has 3 atom stereocenters. The molecule has 1 aliphatic carbocycles. The van der Waals surface area contributed by atoms with Gasteiger partial charge in [-0.2, -0.15) is 0 Å². The summed E-state index contributed by atoms with van der Waals surface area (Å²) in [4.78, 5) is 0. The first kappa shape index (κ1) is 15.5. The Morgan fingerprint density at radius 3 is 2.75 bits per heavy atom. The largest absolute Gasteiger partial charge is 0.393 e. The Labute approximate surface area is 123 Å². The van der Waals surface area contributed by atoms with E-state index in [1.165, 1.54) is 37.7 Å². The van der Waals surface area contributed by atoms with Crippen molar-refractivity contribution in [1.29, 1.82) is 0 Å². The van der Waals surface area contributed by atoms with Crippen LogP contribution in [0.5, 0.6) is 0 Å². The number of hydrogen-bond acceptors (Lipinski definition) is 2. The van der Waals surface area contributed by atoms with Crippen molar-refractivity contribution in [2.75, 3.05) is 6.54 Å². The lowest BCUT2D eigenvalue weighted by atomic mass is 9.87. The van der Waals surface area contributed by atoms with Gasteiger partial charge in [0.25, 0.3) is 0 Å². The second-order valence-corrected chi connectivity index (χ2v) is 6.20. The summed E-state index contributed by atoms with van der Waals surface area (Å²) in [5, 5.41) is 13.5. The summed E-state index contributed by atoms with van der Waals surface area (Å²) < 4.78 is 0. The monoisotopic (exact) mass is 275 g/mol. The zero-order valence-corrected chi connectivity index (χ0v) is 12.7. The van der Waals surface area contributed by atoms with Gasteiger partial charge in [-0.25, -0.2) is 0 Å². The van der Waals surface area contributed by atoms with Gasteiger partial charge in [0.2, 0.25) is 0 Å². The summed E-state index contributed by atoms with van der Waals surface area (Å²) >= 11 is 0. The molecule has 0 amide bonds. The molecule has 2 rings (SSSR count). The van der Waals surface area contributed by atoms with Crippen molar-refractivity contribution < 1.29 is 5.11 Å².